The molecular formula is C18H15NO7. The summed E-state index contributed by atoms with van der Waals surface area (Å²) in [7, 11) is 2.81. The van der Waals surface area contributed by atoms with Crippen LogP contribution < -0.4 is 18.9 Å². The summed E-state index contributed by atoms with van der Waals surface area (Å²) in [5.41, 5.74) is 0.410. The molecule has 134 valence electrons. The second-order valence-corrected chi connectivity index (χ2v) is 5.29. The van der Waals surface area contributed by atoms with E-state index in [1.807, 2.05) is 0 Å². The number of carbonyl (C=O) groups excluding carboxylic acids is 1. The Hall–Kier alpha value is -3.55. The van der Waals surface area contributed by atoms with Gasteiger partial charge in [-0.25, -0.2) is 0 Å². The van der Waals surface area contributed by atoms with Crippen LogP contribution in [0.15, 0.2) is 36.4 Å². The van der Waals surface area contributed by atoms with Gasteiger partial charge in [0.1, 0.15) is 0 Å². The van der Waals surface area contributed by atoms with Gasteiger partial charge in [-0.15, -0.1) is 0 Å². The van der Waals surface area contributed by atoms with E-state index in [1.54, 1.807) is 18.2 Å². The first-order valence-electron chi connectivity index (χ1n) is 7.56. The summed E-state index contributed by atoms with van der Waals surface area (Å²) in [6, 6.07) is 7.51. The molecule has 0 atom stereocenters. The van der Waals surface area contributed by atoms with E-state index in [-0.39, 0.29) is 29.6 Å². The van der Waals surface area contributed by atoms with Gasteiger partial charge in [0.15, 0.2) is 28.8 Å². The van der Waals surface area contributed by atoms with Crippen molar-refractivity contribution in [2.24, 2.45) is 0 Å². The van der Waals surface area contributed by atoms with Crippen molar-refractivity contribution in [1.29, 1.82) is 0 Å². The van der Waals surface area contributed by atoms with Crippen LogP contribution in [0.3, 0.4) is 0 Å². The van der Waals surface area contributed by atoms with E-state index in [9.17, 15) is 14.9 Å². The molecule has 0 bridgehead atoms. The van der Waals surface area contributed by atoms with Crippen molar-refractivity contribution in [3.8, 4) is 23.0 Å². The van der Waals surface area contributed by atoms with Gasteiger partial charge in [0.2, 0.25) is 6.79 Å². The third-order valence-electron chi connectivity index (χ3n) is 3.80. The van der Waals surface area contributed by atoms with E-state index in [2.05, 4.69) is 0 Å². The molecule has 0 aliphatic carbocycles. The molecule has 26 heavy (non-hydrogen) atoms. The number of fused-ring (bicyclic) bond motifs is 1. The van der Waals surface area contributed by atoms with Crippen molar-refractivity contribution in [2.75, 3.05) is 21.0 Å². The van der Waals surface area contributed by atoms with Gasteiger partial charge in [-0.05, 0) is 36.4 Å². The summed E-state index contributed by atoms with van der Waals surface area (Å²) in [4.78, 5) is 23.1. The maximum absolute atomic E-state index is 12.4. The van der Waals surface area contributed by atoms with Crippen molar-refractivity contribution < 1.29 is 28.7 Å². The van der Waals surface area contributed by atoms with Crippen LogP contribution in [0.25, 0.3) is 6.08 Å². The Labute approximate surface area is 148 Å². The molecule has 0 saturated carbocycles. The lowest BCUT2D eigenvalue weighted by Gasteiger charge is -2.08. The molecule has 0 N–H and O–H groups in total. The first kappa shape index (κ1) is 17.3. The third-order valence-corrected chi connectivity index (χ3v) is 3.80. The standard InChI is InChI=1S/C18H15NO7/c1-23-16-7-11(13(19(21)22)9-17(16)24-2)3-5-14(20)12-4-6-15-18(8-12)26-10-25-15/h3-9H,10H2,1-2H3/b5-3+. The monoisotopic (exact) mass is 357 g/mol. The summed E-state index contributed by atoms with van der Waals surface area (Å²) in [6.07, 6.45) is 2.62. The smallest absolute Gasteiger partial charge is 0.280 e. The molecular weight excluding hydrogens is 342 g/mol. The van der Waals surface area contributed by atoms with Gasteiger partial charge >= 0.3 is 0 Å². The third kappa shape index (κ3) is 3.30. The molecule has 0 aromatic heterocycles. The minimum absolute atomic E-state index is 0.112. The number of ether oxygens (including phenoxy) is 4. The lowest BCUT2D eigenvalue weighted by Crippen LogP contribution is -1.98. The zero-order valence-corrected chi connectivity index (χ0v) is 14.1. The molecule has 0 amide bonds. The normalized spacial score (nSPS) is 12.2. The van der Waals surface area contributed by atoms with E-state index in [0.717, 1.165) is 0 Å². The lowest BCUT2D eigenvalue weighted by atomic mass is 10.1. The number of rotatable bonds is 6. The maximum Gasteiger partial charge on any atom is 0.280 e. The van der Waals surface area contributed by atoms with Gasteiger partial charge in [0.25, 0.3) is 5.69 Å². The Kier molecular flexibility index (Phi) is 4.74. The van der Waals surface area contributed by atoms with E-state index in [4.69, 9.17) is 18.9 Å². The first-order valence-corrected chi connectivity index (χ1v) is 7.56. The molecule has 2 aromatic rings. The van der Waals surface area contributed by atoms with Gasteiger partial charge in [0, 0.05) is 5.56 Å². The minimum atomic E-state index is -0.549. The Balaban J connectivity index is 1.91. The van der Waals surface area contributed by atoms with Crippen molar-refractivity contribution in [3.05, 3.63) is 57.6 Å². The number of benzene rings is 2. The zero-order valence-electron chi connectivity index (χ0n) is 14.1. The highest BCUT2D eigenvalue weighted by Crippen LogP contribution is 2.35. The molecule has 0 saturated heterocycles. The van der Waals surface area contributed by atoms with E-state index < -0.39 is 4.92 Å². The summed E-state index contributed by atoms with van der Waals surface area (Å²) < 4.78 is 20.7. The molecule has 1 aliphatic heterocycles. The predicted octanol–water partition coefficient (Wildman–Crippen LogP) is 3.24. The maximum atomic E-state index is 12.4. The molecule has 0 unspecified atom stereocenters. The van der Waals surface area contributed by atoms with Crippen LogP contribution >= 0.6 is 0 Å². The molecule has 1 aliphatic rings. The molecule has 2 aromatic carbocycles. The average Bonchev–Trinajstić information content (AvgIpc) is 3.12. The fraction of sp³-hybridized carbons (Fsp3) is 0.167. The Morgan fingerprint density at radius 2 is 1.81 bits per heavy atom. The van der Waals surface area contributed by atoms with E-state index >= 15 is 0 Å². The van der Waals surface area contributed by atoms with Crippen LogP contribution in [-0.2, 0) is 0 Å². The number of nitro groups is 1. The Bertz CT molecular complexity index is 905. The molecule has 0 fully saturated rings. The number of ketones is 1. The highest BCUT2D eigenvalue weighted by molar-refractivity contribution is 6.07. The highest BCUT2D eigenvalue weighted by atomic mass is 16.7. The summed E-state index contributed by atoms with van der Waals surface area (Å²) in [5.74, 6) is 1.29. The van der Waals surface area contributed by atoms with Crippen molar-refractivity contribution in [1.82, 2.24) is 0 Å². The number of nitrogens with zero attached hydrogens (tertiary/aromatic N) is 1. The van der Waals surface area contributed by atoms with Crippen LogP contribution in [0.2, 0.25) is 0 Å². The van der Waals surface area contributed by atoms with E-state index in [1.165, 1.54) is 38.5 Å². The number of nitro benzene ring substituents is 1. The lowest BCUT2D eigenvalue weighted by molar-refractivity contribution is -0.385. The predicted molar refractivity (Wildman–Crippen MR) is 92.1 cm³/mol. The van der Waals surface area contributed by atoms with Crippen molar-refractivity contribution in [3.63, 3.8) is 0 Å². The number of carbonyl (C=O) groups is 1. The Morgan fingerprint density at radius 3 is 2.50 bits per heavy atom. The van der Waals surface area contributed by atoms with Crippen LogP contribution in [0, 0.1) is 10.1 Å². The van der Waals surface area contributed by atoms with Gasteiger partial charge in [-0.1, -0.05) is 0 Å². The summed E-state index contributed by atoms with van der Waals surface area (Å²) in [6.45, 7) is 0.112. The van der Waals surface area contributed by atoms with Crippen LogP contribution in [-0.4, -0.2) is 31.7 Å². The largest absolute Gasteiger partial charge is 0.493 e. The van der Waals surface area contributed by atoms with Gasteiger partial charge in [-0.2, -0.15) is 0 Å². The van der Waals surface area contributed by atoms with Crippen LogP contribution in [0.1, 0.15) is 15.9 Å². The fourth-order valence-corrected chi connectivity index (χ4v) is 2.49. The molecule has 3 rings (SSSR count). The second-order valence-electron chi connectivity index (χ2n) is 5.29. The number of hydrogen-bond donors (Lipinski definition) is 0. The minimum Gasteiger partial charge on any atom is -0.493 e. The zero-order chi connectivity index (χ0) is 18.7. The van der Waals surface area contributed by atoms with Gasteiger partial charge in [-0.3, -0.25) is 14.9 Å². The number of hydrogen-bond acceptors (Lipinski definition) is 7. The van der Waals surface area contributed by atoms with Crippen molar-refractivity contribution in [2.45, 2.75) is 0 Å². The molecule has 0 spiro atoms. The number of methoxy groups -OCH3 is 2. The highest BCUT2D eigenvalue weighted by Gasteiger charge is 2.19. The summed E-state index contributed by atoms with van der Waals surface area (Å²) in [5, 5.41) is 11.3. The first-order chi connectivity index (χ1) is 12.5. The average molecular weight is 357 g/mol. The van der Waals surface area contributed by atoms with Crippen molar-refractivity contribution >= 4 is 17.5 Å². The number of allylic oxidation sites excluding steroid dienone is 1. The second kappa shape index (κ2) is 7.14. The van der Waals surface area contributed by atoms with Crippen LogP contribution in [0.4, 0.5) is 5.69 Å². The fourth-order valence-electron chi connectivity index (χ4n) is 2.49. The molecule has 8 nitrogen and oxygen atoms in total. The van der Waals surface area contributed by atoms with Crippen LogP contribution in [0.5, 0.6) is 23.0 Å². The Morgan fingerprint density at radius 1 is 1.12 bits per heavy atom. The van der Waals surface area contributed by atoms with Gasteiger partial charge in [0.05, 0.1) is 30.8 Å². The summed E-state index contributed by atoms with van der Waals surface area (Å²) >= 11 is 0. The quantitative estimate of drug-likeness (QED) is 0.339. The topological polar surface area (TPSA) is 97.1 Å². The SMILES string of the molecule is COc1cc(/C=C/C(=O)c2ccc3c(c2)OCO3)c([N+](=O)[O-])cc1OC. The van der Waals surface area contributed by atoms with E-state index in [0.29, 0.717) is 22.8 Å². The molecule has 0 radical (unpaired) electrons. The van der Waals surface area contributed by atoms with Gasteiger partial charge < -0.3 is 18.9 Å². The molecule has 1 heterocycles. The molecule has 8 heteroatoms.